The molecule has 2 aromatic rings. The molecule has 2 nitrogen and oxygen atoms in total. The summed E-state index contributed by atoms with van der Waals surface area (Å²) in [5, 5.41) is 10.1. The Morgan fingerprint density at radius 3 is 2.57 bits per heavy atom. The summed E-state index contributed by atoms with van der Waals surface area (Å²) in [6, 6.07) is 9.73. The van der Waals surface area contributed by atoms with Gasteiger partial charge in [0.25, 0.3) is 0 Å². The lowest BCUT2D eigenvalue weighted by Crippen LogP contribution is -2.16. The van der Waals surface area contributed by atoms with Crippen molar-refractivity contribution >= 4 is 15.9 Å². The van der Waals surface area contributed by atoms with Gasteiger partial charge < -0.3 is 9.84 Å². The van der Waals surface area contributed by atoms with E-state index in [1.54, 1.807) is 13.2 Å². The zero-order valence-corrected chi connectivity index (χ0v) is 13.0. The zero-order chi connectivity index (χ0) is 15.4. The monoisotopic (exact) mass is 356 g/mol. The summed E-state index contributed by atoms with van der Waals surface area (Å²) in [7, 11) is 1.54. The van der Waals surface area contributed by atoms with E-state index >= 15 is 0 Å². The Bertz CT molecular complexity index is 632. The molecule has 0 saturated carbocycles. The number of para-hydroxylation sites is 1. The Balaban J connectivity index is 2.16. The molecule has 0 aliphatic rings. The molecule has 0 aliphatic carbocycles. The highest BCUT2D eigenvalue weighted by molar-refractivity contribution is 9.10. The SMILES string of the molecule is COc1ccccc1CC(O)Cc1c(F)ccc(Br)c1F. The highest BCUT2D eigenvalue weighted by atomic mass is 79.9. The number of hydrogen-bond acceptors (Lipinski definition) is 2. The van der Waals surface area contributed by atoms with Crippen molar-refractivity contribution in [2.75, 3.05) is 7.11 Å². The molecule has 2 rings (SSSR count). The Labute approximate surface area is 130 Å². The minimum Gasteiger partial charge on any atom is -0.496 e. The number of methoxy groups -OCH3 is 1. The summed E-state index contributed by atoms with van der Waals surface area (Å²) in [4.78, 5) is 0. The van der Waals surface area contributed by atoms with Gasteiger partial charge in [-0.15, -0.1) is 0 Å². The number of benzene rings is 2. The fraction of sp³-hybridized carbons (Fsp3) is 0.250. The highest BCUT2D eigenvalue weighted by Gasteiger charge is 2.17. The van der Waals surface area contributed by atoms with Gasteiger partial charge in [-0.05, 0) is 39.7 Å². The Morgan fingerprint density at radius 1 is 1.14 bits per heavy atom. The molecule has 0 spiro atoms. The Morgan fingerprint density at radius 2 is 1.86 bits per heavy atom. The number of ether oxygens (including phenoxy) is 1. The number of rotatable bonds is 5. The second-order valence-electron chi connectivity index (χ2n) is 4.70. The first kappa shape index (κ1) is 15.9. The summed E-state index contributed by atoms with van der Waals surface area (Å²) >= 11 is 3.02. The second kappa shape index (κ2) is 7.00. The van der Waals surface area contributed by atoms with E-state index in [4.69, 9.17) is 4.74 Å². The van der Waals surface area contributed by atoms with Crippen molar-refractivity contribution in [1.29, 1.82) is 0 Å². The van der Waals surface area contributed by atoms with Crippen molar-refractivity contribution in [2.24, 2.45) is 0 Å². The topological polar surface area (TPSA) is 29.5 Å². The number of hydrogen-bond donors (Lipinski definition) is 1. The molecule has 112 valence electrons. The van der Waals surface area contributed by atoms with E-state index in [1.165, 1.54) is 12.1 Å². The minimum absolute atomic E-state index is 0.102. The smallest absolute Gasteiger partial charge is 0.143 e. The van der Waals surface area contributed by atoms with Gasteiger partial charge in [0.15, 0.2) is 0 Å². The van der Waals surface area contributed by atoms with Gasteiger partial charge in [-0.3, -0.25) is 0 Å². The van der Waals surface area contributed by atoms with Crippen LogP contribution in [0.1, 0.15) is 11.1 Å². The van der Waals surface area contributed by atoms with Gasteiger partial charge in [0.2, 0.25) is 0 Å². The molecular formula is C16H15BrF2O2. The van der Waals surface area contributed by atoms with Gasteiger partial charge >= 0.3 is 0 Å². The summed E-state index contributed by atoms with van der Waals surface area (Å²) in [6.07, 6.45) is -0.746. The van der Waals surface area contributed by atoms with E-state index in [0.717, 1.165) is 5.56 Å². The van der Waals surface area contributed by atoms with Crippen LogP contribution in [0.25, 0.3) is 0 Å². The summed E-state index contributed by atoms with van der Waals surface area (Å²) in [6.45, 7) is 0. The van der Waals surface area contributed by atoms with E-state index in [-0.39, 0.29) is 22.9 Å². The Kier molecular flexibility index (Phi) is 5.31. The van der Waals surface area contributed by atoms with E-state index < -0.39 is 17.7 Å². The van der Waals surface area contributed by atoms with Crippen LogP contribution in [-0.2, 0) is 12.8 Å². The van der Waals surface area contributed by atoms with Crippen LogP contribution in [0.2, 0.25) is 0 Å². The molecule has 21 heavy (non-hydrogen) atoms. The molecule has 0 bridgehead atoms. The molecule has 0 saturated heterocycles. The Hall–Kier alpha value is -1.46. The average Bonchev–Trinajstić information content (AvgIpc) is 2.48. The van der Waals surface area contributed by atoms with E-state index in [0.29, 0.717) is 5.75 Å². The minimum atomic E-state index is -0.903. The normalized spacial score (nSPS) is 12.2. The van der Waals surface area contributed by atoms with Crippen LogP contribution in [-0.4, -0.2) is 18.3 Å². The molecule has 5 heteroatoms. The van der Waals surface area contributed by atoms with Gasteiger partial charge in [0.1, 0.15) is 17.4 Å². The zero-order valence-electron chi connectivity index (χ0n) is 11.4. The van der Waals surface area contributed by atoms with Crippen LogP contribution in [0.3, 0.4) is 0 Å². The van der Waals surface area contributed by atoms with Gasteiger partial charge in [-0.1, -0.05) is 18.2 Å². The molecule has 0 aromatic heterocycles. The van der Waals surface area contributed by atoms with Gasteiger partial charge in [-0.25, -0.2) is 8.78 Å². The van der Waals surface area contributed by atoms with Crippen LogP contribution in [0.15, 0.2) is 40.9 Å². The molecule has 1 atom stereocenters. The number of halogens is 3. The van der Waals surface area contributed by atoms with E-state index in [9.17, 15) is 13.9 Å². The first-order valence-corrected chi connectivity index (χ1v) is 7.24. The molecule has 0 heterocycles. The van der Waals surface area contributed by atoms with Gasteiger partial charge in [0, 0.05) is 18.4 Å². The van der Waals surface area contributed by atoms with Crippen LogP contribution < -0.4 is 4.74 Å². The van der Waals surface area contributed by atoms with Crippen molar-refractivity contribution in [3.63, 3.8) is 0 Å². The molecule has 1 N–H and O–H groups in total. The van der Waals surface area contributed by atoms with E-state index in [1.807, 2.05) is 18.2 Å². The fourth-order valence-electron chi connectivity index (χ4n) is 2.19. The summed E-state index contributed by atoms with van der Waals surface area (Å²) in [5.74, 6) is -0.685. The van der Waals surface area contributed by atoms with Gasteiger partial charge in [-0.2, -0.15) is 0 Å². The molecule has 2 aromatic carbocycles. The van der Waals surface area contributed by atoms with Crippen LogP contribution in [0.5, 0.6) is 5.75 Å². The maximum atomic E-state index is 13.9. The third-order valence-corrected chi connectivity index (χ3v) is 3.84. The maximum absolute atomic E-state index is 13.9. The van der Waals surface area contributed by atoms with Crippen molar-refractivity contribution in [2.45, 2.75) is 18.9 Å². The fourth-order valence-corrected chi connectivity index (χ4v) is 2.56. The standard InChI is InChI=1S/C16H15BrF2O2/c1-21-15-5-3-2-4-10(15)8-11(20)9-12-14(18)7-6-13(17)16(12)19/h2-7,11,20H,8-9H2,1H3. The third-order valence-electron chi connectivity index (χ3n) is 3.23. The second-order valence-corrected chi connectivity index (χ2v) is 5.55. The van der Waals surface area contributed by atoms with Crippen molar-refractivity contribution in [3.8, 4) is 5.75 Å². The number of aliphatic hydroxyl groups is 1. The van der Waals surface area contributed by atoms with E-state index in [2.05, 4.69) is 15.9 Å². The first-order chi connectivity index (χ1) is 10.0. The molecular weight excluding hydrogens is 342 g/mol. The molecule has 0 fully saturated rings. The third kappa shape index (κ3) is 3.80. The largest absolute Gasteiger partial charge is 0.496 e. The molecule has 1 unspecified atom stereocenters. The lowest BCUT2D eigenvalue weighted by molar-refractivity contribution is 0.171. The first-order valence-electron chi connectivity index (χ1n) is 6.45. The predicted molar refractivity (Wildman–Crippen MR) is 80.5 cm³/mol. The quantitative estimate of drug-likeness (QED) is 0.823. The van der Waals surface area contributed by atoms with Gasteiger partial charge in [0.05, 0.1) is 17.7 Å². The van der Waals surface area contributed by atoms with Crippen molar-refractivity contribution in [1.82, 2.24) is 0 Å². The molecule has 0 amide bonds. The maximum Gasteiger partial charge on any atom is 0.143 e. The average molecular weight is 357 g/mol. The van der Waals surface area contributed by atoms with Crippen LogP contribution in [0.4, 0.5) is 8.78 Å². The predicted octanol–water partition coefficient (Wildman–Crippen LogP) is 3.88. The van der Waals surface area contributed by atoms with Crippen LogP contribution in [0, 0.1) is 11.6 Å². The van der Waals surface area contributed by atoms with Crippen molar-refractivity contribution in [3.05, 3.63) is 63.6 Å². The number of aliphatic hydroxyl groups excluding tert-OH is 1. The van der Waals surface area contributed by atoms with Crippen LogP contribution >= 0.6 is 15.9 Å². The lowest BCUT2D eigenvalue weighted by Gasteiger charge is -2.14. The highest BCUT2D eigenvalue weighted by Crippen LogP contribution is 2.25. The summed E-state index contributed by atoms with van der Waals surface area (Å²) < 4.78 is 32.9. The summed E-state index contributed by atoms with van der Waals surface area (Å²) in [5.41, 5.74) is 0.676. The van der Waals surface area contributed by atoms with Crippen molar-refractivity contribution < 1.29 is 18.6 Å². The molecule has 0 aliphatic heterocycles. The lowest BCUT2D eigenvalue weighted by atomic mass is 10.00. The molecule has 0 radical (unpaired) electrons.